The van der Waals surface area contributed by atoms with Gasteiger partial charge >= 0.3 is 41.8 Å². The maximum Gasteiger partial charge on any atom is 0.333 e. The Bertz CT molecular complexity index is 2750. The van der Waals surface area contributed by atoms with Gasteiger partial charge in [-0.3, -0.25) is 0 Å². The average Bonchev–Trinajstić information content (AvgIpc) is 0.864. The van der Waals surface area contributed by atoms with E-state index in [1.54, 1.807) is 32.9 Å². The molecule has 0 radical (unpaired) electrons. The second kappa shape index (κ2) is 116. The second-order valence-electron chi connectivity index (χ2n) is 27.0. The number of carbonyl (C=O) groups is 7. The van der Waals surface area contributed by atoms with E-state index in [-0.39, 0.29) is 97.0 Å². The standard InChI is InChI=1S/C15H20O6.C8H14O3.2C8H10.C7H12O3.C7H12O2.C7H8O.C7H8.C6H10O2.2C5H12.C4H10.C3H8.3C2H6.7CH4/c1-5-12(16)19-9-15(8-4,10-20-13(17)6-2)11-21-14(18)7-3;1-4-7(9)5-11-8(10)6(2)3;1-7-3-5-8(2)6-4-7;1-7-4-3-5-8(2)6-7;1-3-6(8)5-10-7(9)4-2;1-4-5-9-7(8)6(2)3;1-6-2-4-7(8)5-3-6;1-7-5-3-2-4-6-7;1-3-5-8-6(7)4-2;1-5(2,3)4;1-4-5(2)3;1-4(2)3;1-3-2;3*1-2;;;;;;;/h5-7H,1-3,8-11H2,4H3;7,9H,2,4-5H2,1,3H3;2*3-6H,1-2H3;4,6,8H,2-3,5H2,1H3;2,4-5H2,1,3H3;2-5,8H,1H3;2-6H,1H3;4H,2-3,5H2,1H3;1-4H3;5H,4H2,1-3H3;4H,1-3H3;3H2,1-2H3;3*1-2H3;7*1H4. The normalized spacial score (nSPS) is 8.96. The zero-order valence-electron chi connectivity index (χ0n) is 76.9. The van der Waals surface area contributed by atoms with E-state index in [1.165, 1.54) is 46.2 Å². The lowest BCUT2D eigenvalue weighted by Crippen LogP contribution is -2.38. The van der Waals surface area contributed by atoms with E-state index in [4.69, 9.17) is 34.3 Å². The third-order valence-electron chi connectivity index (χ3n) is 11.7. The van der Waals surface area contributed by atoms with Gasteiger partial charge in [0.2, 0.25) is 0 Å². The van der Waals surface area contributed by atoms with Gasteiger partial charge in [-0.15, -0.1) is 0 Å². The summed E-state index contributed by atoms with van der Waals surface area (Å²) < 4.78 is 33.5. The van der Waals surface area contributed by atoms with Crippen LogP contribution in [0.2, 0.25) is 0 Å². The van der Waals surface area contributed by atoms with E-state index in [1.807, 2.05) is 106 Å². The van der Waals surface area contributed by atoms with E-state index in [0.29, 0.717) is 54.8 Å². The first-order chi connectivity index (χ1) is 52.9. The Hall–Kier alpha value is -8.93. The molecular formula is C103H192O17. The molecule has 0 spiro atoms. The highest BCUT2D eigenvalue weighted by Gasteiger charge is 2.33. The van der Waals surface area contributed by atoms with Crippen molar-refractivity contribution in [3.8, 4) is 5.75 Å². The first kappa shape index (κ1) is 159. The third kappa shape index (κ3) is 150. The maximum absolute atomic E-state index is 11.2. The van der Waals surface area contributed by atoms with Gasteiger partial charge in [0.1, 0.15) is 38.8 Å². The molecule has 706 valence electrons. The Kier molecular flexibility index (Phi) is 154. The minimum atomic E-state index is -0.837. The number of aromatic hydroxyl groups is 1. The van der Waals surface area contributed by atoms with Gasteiger partial charge in [0.25, 0.3) is 0 Å². The molecule has 17 heteroatoms. The van der Waals surface area contributed by atoms with Crippen molar-refractivity contribution >= 4 is 41.8 Å². The Morgan fingerprint density at radius 3 is 0.825 bits per heavy atom. The summed E-state index contributed by atoms with van der Waals surface area (Å²) in [5, 5.41) is 26.6. The fourth-order valence-corrected chi connectivity index (χ4v) is 5.15. The minimum absolute atomic E-state index is 0. The predicted octanol–water partition coefficient (Wildman–Crippen LogP) is 28.6. The molecule has 0 bridgehead atoms. The van der Waals surface area contributed by atoms with Crippen molar-refractivity contribution in [2.75, 3.05) is 46.2 Å². The lowest BCUT2D eigenvalue weighted by Gasteiger charge is -2.30. The fourth-order valence-electron chi connectivity index (χ4n) is 5.15. The fraction of sp³-hybridized carbons (Fsp3) is 0.563. The van der Waals surface area contributed by atoms with Crippen LogP contribution in [-0.4, -0.2) is 116 Å². The quantitative estimate of drug-likeness (QED) is 0.0317. The Balaban J connectivity index is -0.0000000549. The SMILES string of the molecule is C.C.C.C.C.C.C.C=C(C)C(=O)OCC(O)CC.C=C(C)C(=O)OCCC.C=CC(=O)OCC(CC)(COC(=O)C=C)COC(=O)C=C.C=CC(=O)OCC(O)CC.C=CC(=O)OCCC.CC.CC.CC.CC(C)(C)C.CC(C)C.CCC.CCC(C)C.Cc1ccc(C)cc1.Cc1ccc(O)cc1.Cc1cccc(C)c1.Cc1ccccc1. The summed E-state index contributed by atoms with van der Waals surface area (Å²) in [5.74, 6) is -1.37. The van der Waals surface area contributed by atoms with Crippen molar-refractivity contribution in [1.82, 2.24) is 0 Å². The summed E-state index contributed by atoms with van der Waals surface area (Å²) in [7, 11) is 0. The van der Waals surface area contributed by atoms with Gasteiger partial charge in [-0.25, -0.2) is 33.6 Å². The van der Waals surface area contributed by atoms with E-state index >= 15 is 0 Å². The number of carbonyl (C=O) groups excluding carboxylic acids is 7. The maximum atomic E-state index is 11.2. The molecule has 2 unspecified atom stereocenters. The molecule has 3 N–H and O–H groups in total. The number of hydrogen-bond acceptors (Lipinski definition) is 17. The number of hydrogen-bond donors (Lipinski definition) is 3. The van der Waals surface area contributed by atoms with Crippen molar-refractivity contribution in [2.24, 2.45) is 22.7 Å². The zero-order valence-corrected chi connectivity index (χ0v) is 76.9. The molecule has 4 aromatic carbocycles. The molecule has 0 fully saturated rings. The van der Waals surface area contributed by atoms with Crippen molar-refractivity contribution in [3.05, 3.63) is 224 Å². The molecule has 0 aliphatic carbocycles. The van der Waals surface area contributed by atoms with E-state index in [9.17, 15) is 33.6 Å². The number of ether oxygens (including phenoxy) is 7. The first-order valence-corrected chi connectivity index (χ1v) is 39.7. The summed E-state index contributed by atoms with van der Waals surface area (Å²) in [6.07, 6.45) is 10.1. The van der Waals surface area contributed by atoms with E-state index < -0.39 is 47.5 Å². The van der Waals surface area contributed by atoms with Crippen LogP contribution >= 0.6 is 0 Å². The van der Waals surface area contributed by atoms with Gasteiger partial charge in [-0.05, 0) is 117 Å². The van der Waals surface area contributed by atoms with E-state index in [2.05, 4.69) is 239 Å². The minimum Gasteiger partial charge on any atom is -0.508 e. The Morgan fingerprint density at radius 2 is 0.617 bits per heavy atom. The van der Waals surface area contributed by atoms with Gasteiger partial charge in [0.15, 0.2) is 0 Å². The Morgan fingerprint density at radius 1 is 0.383 bits per heavy atom. The lowest BCUT2D eigenvalue weighted by molar-refractivity contribution is -0.156. The number of phenolic OH excluding ortho intramolecular Hbond substituents is 1. The molecule has 0 aromatic heterocycles. The van der Waals surface area contributed by atoms with Crippen LogP contribution in [0.1, 0.15) is 303 Å². The molecule has 0 saturated carbocycles. The number of benzene rings is 4. The van der Waals surface area contributed by atoms with Crippen LogP contribution in [0.3, 0.4) is 0 Å². The predicted molar refractivity (Wildman–Crippen MR) is 527 cm³/mol. The van der Waals surface area contributed by atoms with Crippen molar-refractivity contribution in [2.45, 2.75) is 324 Å². The van der Waals surface area contributed by atoms with Crippen LogP contribution in [-0.2, 0) is 66.7 Å². The summed E-state index contributed by atoms with van der Waals surface area (Å²) >= 11 is 0. The van der Waals surface area contributed by atoms with Crippen LogP contribution in [0.25, 0.3) is 0 Å². The Labute approximate surface area is 742 Å². The van der Waals surface area contributed by atoms with Gasteiger partial charge in [0.05, 0.1) is 30.8 Å². The van der Waals surface area contributed by atoms with Gasteiger partial charge in [-0.1, -0.05) is 395 Å². The molecule has 120 heavy (non-hydrogen) atoms. The highest BCUT2D eigenvalue weighted by atomic mass is 16.6. The topological polar surface area (TPSA) is 245 Å². The van der Waals surface area contributed by atoms with Crippen LogP contribution in [0.5, 0.6) is 5.75 Å². The number of rotatable bonds is 25. The van der Waals surface area contributed by atoms with Crippen LogP contribution < -0.4 is 0 Å². The number of aliphatic hydroxyl groups excluding tert-OH is 2. The van der Waals surface area contributed by atoms with Gasteiger partial charge in [0, 0.05) is 41.5 Å². The molecule has 0 aliphatic heterocycles. The molecule has 4 rings (SSSR count). The summed E-state index contributed by atoms with van der Waals surface area (Å²) in [4.78, 5) is 75.4. The van der Waals surface area contributed by atoms with Gasteiger partial charge < -0.3 is 48.5 Å². The molecule has 0 aliphatic rings. The van der Waals surface area contributed by atoms with E-state index in [0.717, 1.165) is 55.1 Å². The third-order valence-corrected chi connectivity index (χ3v) is 11.7. The molecular weight excluding hydrogens is 1510 g/mol. The van der Waals surface area contributed by atoms with Crippen molar-refractivity contribution < 1.29 is 82.0 Å². The summed E-state index contributed by atoms with van der Waals surface area (Å²) in [6.45, 7) is 87.2. The second-order valence-corrected chi connectivity index (χ2v) is 27.0. The monoisotopic (exact) mass is 1700 g/mol. The largest absolute Gasteiger partial charge is 0.508 e. The highest BCUT2D eigenvalue weighted by molar-refractivity contribution is 5.87. The number of esters is 7. The number of phenols is 1. The van der Waals surface area contributed by atoms with Crippen molar-refractivity contribution in [1.29, 1.82) is 0 Å². The van der Waals surface area contributed by atoms with Crippen molar-refractivity contribution in [3.63, 3.8) is 0 Å². The highest BCUT2D eigenvalue weighted by Crippen LogP contribution is 2.25. The number of aryl methyl sites for hydroxylation is 6. The first-order valence-electron chi connectivity index (χ1n) is 39.7. The molecule has 0 amide bonds. The average molecular weight is 1700 g/mol. The van der Waals surface area contributed by atoms with Crippen LogP contribution in [0.15, 0.2) is 191 Å². The number of aliphatic hydroxyl groups is 2. The van der Waals surface area contributed by atoms with Crippen LogP contribution in [0, 0.1) is 64.2 Å². The molecule has 0 saturated heterocycles. The molecule has 17 nitrogen and oxygen atoms in total. The van der Waals surface area contributed by atoms with Crippen LogP contribution in [0.4, 0.5) is 0 Å². The smallest absolute Gasteiger partial charge is 0.333 e. The molecule has 2 atom stereocenters. The van der Waals surface area contributed by atoms with Gasteiger partial charge in [-0.2, -0.15) is 0 Å². The summed E-state index contributed by atoms with van der Waals surface area (Å²) in [5.41, 5.74) is 8.30. The molecule has 4 aromatic rings. The summed E-state index contributed by atoms with van der Waals surface area (Å²) in [6, 6.07) is 34.3. The lowest BCUT2D eigenvalue weighted by atomic mass is 9.88. The zero-order chi connectivity index (χ0) is 91.0. The molecule has 0 heterocycles.